The van der Waals surface area contributed by atoms with Gasteiger partial charge in [0.05, 0.1) is 29.9 Å². The van der Waals surface area contributed by atoms with Gasteiger partial charge in [0.25, 0.3) is 0 Å². The molecule has 0 spiro atoms. The van der Waals surface area contributed by atoms with Gasteiger partial charge in [-0.15, -0.1) is 0 Å². The fourth-order valence-corrected chi connectivity index (χ4v) is 1.68. The summed E-state index contributed by atoms with van der Waals surface area (Å²) in [5.74, 6) is 0.617. The van der Waals surface area contributed by atoms with Gasteiger partial charge in [0, 0.05) is 6.42 Å². The van der Waals surface area contributed by atoms with Gasteiger partial charge in [0.1, 0.15) is 11.9 Å². The van der Waals surface area contributed by atoms with Crippen LogP contribution in [0.2, 0.25) is 5.02 Å². The van der Waals surface area contributed by atoms with Crippen LogP contribution >= 0.6 is 11.6 Å². The minimum atomic E-state index is 0.0791. The van der Waals surface area contributed by atoms with E-state index in [2.05, 4.69) is 0 Å². The summed E-state index contributed by atoms with van der Waals surface area (Å²) in [5, 5.41) is 9.14. The van der Waals surface area contributed by atoms with Crippen molar-refractivity contribution in [2.75, 3.05) is 13.2 Å². The van der Waals surface area contributed by atoms with Crippen LogP contribution in [0.4, 0.5) is 0 Å². The Morgan fingerprint density at radius 2 is 2.40 bits per heavy atom. The van der Waals surface area contributed by atoms with Crippen molar-refractivity contribution in [1.29, 1.82) is 5.26 Å². The maximum Gasteiger partial charge on any atom is 0.138 e. The summed E-state index contributed by atoms with van der Waals surface area (Å²) in [6.07, 6.45) is 0.964. The van der Waals surface area contributed by atoms with Crippen LogP contribution in [0.15, 0.2) is 18.2 Å². The van der Waals surface area contributed by atoms with Gasteiger partial charge in [0.15, 0.2) is 0 Å². The summed E-state index contributed by atoms with van der Waals surface area (Å²) in [6, 6.07) is 7.04. The number of hydrogen-bond acceptors (Lipinski definition) is 3. The Balaban J connectivity index is 2.11. The highest BCUT2D eigenvalue weighted by Crippen LogP contribution is 2.27. The van der Waals surface area contributed by atoms with Crippen LogP contribution in [-0.4, -0.2) is 19.3 Å². The molecule has 0 N–H and O–H groups in total. The largest absolute Gasteiger partial charge is 0.486 e. The minimum absolute atomic E-state index is 0.0791. The standard InChI is InChI=1S/C11H10ClNO2/c12-10-5-8(6-13)1-2-11(10)15-9-3-4-14-7-9/h1-2,5,9H,3-4,7H2. The summed E-state index contributed by atoms with van der Waals surface area (Å²) in [7, 11) is 0. The maximum atomic E-state index is 8.67. The Morgan fingerprint density at radius 3 is 3.00 bits per heavy atom. The topological polar surface area (TPSA) is 42.2 Å². The Kier molecular flexibility index (Phi) is 3.10. The average molecular weight is 224 g/mol. The minimum Gasteiger partial charge on any atom is -0.486 e. The van der Waals surface area contributed by atoms with Gasteiger partial charge in [-0.25, -0.2) is 0 Å². The molecule has 1 aromatic carbocycles. The third-order valence-corrected chi connectivity index (χ3v) is 2.54. The first kappa shape index (κ1) is 10.3. The molecular formula is C11H10ClNO2. The van der Waals surface area contributed by atoms with E-state index in [0.29, 0.717) is 22.9 Å². The van der Waals surface area contributed by atoms with Gasteiger partial charge in [-0.2, -0.15) is 5.26 Å². The highest BCUT2D eigenvalue weighted by Gasteiger charge is 2.18. The number of hydrogen-bond donors (Lipinski definition) is 0. The van der Waals surface area contributed by atoms with E-state index in [4.69, 9.17) is 26.3 Å². The lowest BCUT2D eigenvalue weighted by atomic mass is 10.2. The van der Waals surface area contributed by atoms with Crippen LogP contribution in [0.3, 0.4) is 0 Å². The zero-order chi connectivity index (χ0) is 10.7. The zero-order valence-electron chi connectivity index (χ0n) is 8.07. The van der Waals surface area contributed by atoms with Crippen LogP contribution in [0.5, 0.6) is 5.75 Å². The van der Waals surface area contributed by atoms with E-state index < -0.39 is 0 Å². The van der Waals surface area contributed by atoms with Crippen molar-refractivity contribution in [2.24, 2.45) is 0 Å². The number of nitrogens with zero attached hydrogens (tertiary/aromatic N) is 1. The molecule has 1 aliphatic heterocycles. The Hall–Kier alpha value is -1.24. The summed E-state index contributed by atoms with van der Waals surface area (Å²) in [5.41, 5.74) is 0.537. The molecule has 0 saturated carbocycles. The average Bonchev–Trinajstić information content (AvgIpc) is 2.74. The Labute approximate surface area is 93.2 Å². The fraction of sp³-hybridized carbons (Fsp3) is 0.364. The molecule has 0 bridgehead atoms. The molecule has 1 heterocycles. The number of benzene rings is 1. The molecule has 0 radical (unpaired) electrons. The van der Waals surface area contributed by atoms with E-state index in [1.54, 1.807) is 18.2 Å². The molecule has 1 atom stereocenters. The highest BCUT2D eigenvalue weighted by atomic mass is 35.5. The van der Waals surface area contributed by atoms with E-state index in [1.807, 2.05) is 6.07 Å². The molecule has 2 rings (SSSR count). The molecule has 1 saturated heterocycles. The van der Waals surface area contributed by atoms with Crippen molar-refractivity contribution >= 4 is 11.6 Å². The van der Waals surface area contributed by atoms with Gasteiger partial charge < -0.3 is 9.47 Å². The third kappa shape index (κ3) is 2.41. The second-order valence-electron chi connectivity index (χ2n) is 3.36. The zero-order valence-corrected chi connectivity index (χ0v) is 8.83. The molecule has 1 fully saturated rings. The summed E-state index contributed by atoms with van der Waals surface area (Å²) < 4.78 is 10.8. The van der Waals surface area contributed by atoms with Crippen LogP contribution < -0.4 is 4.74 Å². The van der Waals surface area contributed by atoms with Crippen LogP contribution in [0, 0.1) is 11.3 Å². The smallest absolute Gasteiger partial charge is 0.138 e. The van der Waals surface area contributed by atoms with E-state index in [-0.39, 0.29) is 6.10 Å². The molecule has 3 nitrogen and oxygen atoms in total. The van der Waals surface area contributed by atoms with Crippen LogP contribution in [-0.2, 0) is 4.74 Å². The van der Waals surface area contributed by atoms with Crippen molar-refractivity contribution in [3.63, 3.8) is 0 Å². The molecule has 4 heteroatoms. The van der Waals surface area contributed by atoms with Crippen molar-refractivity contribution in [3.8, 4) is 11.8 Å². The molecule has 1 aromatic rings. The third-order valence-electron chi connectivity index (χ3n) is 2.24. The Bertz CT molecular complexity index is 394. The first-order valence-electron chi connectivity index (χ1n) is 4.73. The number of halogens is 1. The summed E-state index contributed by atoms with van der Waals surface area (Å²) in [6.45, 7) is 1.34. The van der Waals surface area contributed by atoms with E-state index >= 15 is 0 Å². The highest BCUT2D eigenvalue weighted by molar-refractivity contribution is 6.32. The van der Waals surface area contributed by atoms with Gasteiger partial charge in [-0.1, -0.05) is 11.6 Å². The predicted molar refractivity (Wildman–Crippen MR) is 56.0 cm³/mol. The van der Waals surface area contributed by atoms with Crippen LogP contribution in [0.25, 0.3) is 0 Å². The lowest BCUT2D eigenvalue weighted by Gasteiger charge is -2.12. The van der Waals surface area contributed by atoms with E-state index in [0.717, 1.165) is 13.0 Å². The van der Waals surface area contributed by atoms with Gasteiger partial charge in [-0.05, 0) is 18.2 Å². The van der Waals surface area contributed by atoms with E-state index in [9.17, 15) is 0 Å². The lowest BCUT2D eigenvalue weighted by Crippen LogP contribution is -2.15. The molecule has 15 heavy (non-hydrogen) atoms. The van der Waals surface area contributed by atoms with Crippen molar-refractivity contribution < 1.29 is 9.47 Å². The van der Waals surface area contributed by atoms with E-state index in [1.165, 1.54) is 0 Å². The predicted octanol–water partition coefficient (Wildman–Crippen LogP) is 2.38. The second-order valence-corrected chi connectivity index (χ2v) is 3.77. The SMILES string of the molecule is N#Cc1ccc(OC2CCOC2)c(Cl)c1. The number of nitriles is 1. The lowest BCUT2D eigenvalue weighted by molar-refractivity contribution is 0.141. The molecule has 1 aliphatic rings. The molecule has 78 valence electrons. The monoisotopic (exact) mass is 223 g/mol. The number of rotatable bonds is 2. The quantitative estimate of drug-likeness (QED) is 0.773. The summed E-state index contributed by atoms with van der Waals surface area (Å²) >= 11 is 5.97. The first-order chi connectivity index (χ1) is 7.29. The van der Waals surface area contributed by atoms with Crippen molar-refractivity contribution in [1.82, 2.24) is 0 Å². The van der Waals surface area contributed by atoms with Crippen molar-refractivity contribution in [3.05, 3.63) is 28.8 Å². The maximum absolute atomic E-state index is 8.67. The Morgan fingerprint density at radius 1 is 1.53 bits per heavy atom. The van der Waals surface area contributed by atoms with Gasteiger partial charge in [0.2, 0.25) is 0 Å². The van der Waals surface area contributed by atoms with Crippen molar-refractivity contribution in [2.45, 2.75) is 12.5 Å². The molecule has 1 unspecified atom stereocenters. The first-order valence-corrected chi connectivity index (χ1v) is 5.11. The van der Waals surface area contributed by atoms with Gasteiger partial charge >= 0.3 is 0 Å². The van der Waals surface area contributed by atoms with Gasteiger partial charge in [-0.3, -0.25) is 0 Å². The van der Waals surface area contributed by atoms with Crippen LogP contribution in [0.1, 0.15) is 12.0 Å². The molecule has 0 aliphatic carbocycles. The molecular weight excluding hydrogens is 214 g/mol. The summed E-state index contributed by atoms with van der Waals surface area (Å²) in [4.78, 5) is 0. The second kappa shape index (κ2) is 4.52. The normalized spacial score (nSPS) is 19.9. The molecule has 0 aromatic heterocycles. The molecule has 0 amide bonds. The number of ether oxygens (including phenoxy) is 2. The fourth-order valence-electron chi connectivity index (χ4n) is 1.45.